The van der Waals surface area contributed by atoms with Crippen LogP contribution in [0.1, 0.15) is 33.4 Å². The molecule has 2 heterocycles. The van der Waals surface area contributed by atoms with E-state index in [1.807, 2.05) is 86.6 Å². The highest BCUT2D eigenvalue weighted by atomic mass is 35.5. The maximum Gasteiger partial charge on any atom is 0.271 e. The summed E-state index contributed by atoms with van der Waals surface area (Å²) in [6, 6.07) is 27.2. The molecule has 2 atom stereocenters. The van der Waals surface area contributed by atoms with Gasteiger partial charge in [0.2, 0.25) is 0 Å². The summed E-state index contributed by atoms with van der Waals surface area (Å²) in [6.07, 6.45) is 0. The summed E-state index contributed by atoms with van der Waals surface area (Å²) in [5, 5.41) is 1.28. The van der Waals surface area contributed by atoms with Gasteiger partial charge in [-0.1, -0.05) is 70.7 Å². The first-order valence-corrected chi connectivity index (χ1v) is 11.5. The molecule has 0 unspecified atom stereocenters. The molecule has 2 bridgehead atoms. The first kappa shape index (κ1) is 20.6. The van der Waals surface area contributed by atoms with Crippen LogP contribution in [-0.2, 0) is 16.3 Å². The molecule has 5 heteroatoms. The topological polar surface area (TPSA) is 27.7 Å². The number of hydrogen-bond acceptors (Lipinski definition) is 3. The average Bonchev–Trinajstić information content (AvgIpc) is 2.81. The normalized spacial score (nSPS) is 22.5. The van der Waals surface area contributed by atoms with Gasteiger partial charge in [0.25, 0.3) is 11.6 Å². The number of benzene rings is 4. The first-order valence-electron chi connectivity index (χ1n) is 10.7. The van der Waals surface area contributed by atoms with E-state index in [1.165, 1.54) is 0 Å². The molecular formula is C28H20Cl2O3. The van der Waals surface area contributed by atoms with Crippen LogP contribution in [0.5, 0.6) is 11.5 Å². The minimum atomic E-state index is -1.23. The molecule has 0 N–H and O–H groups in total. The molecule has 0 aliphatic carbocycles. The van der Waals surface area contributed by atoms with E-state index in [0.29, 0.717) is 21.5 Å². The number of hydrogen-bond donors (Lipinski definition) is 0. The number of halogens is 2. The fraction of sp³-hybridized carbons (Fsp3) is 0.143. The Labute approximate surface area is 202 Å². The van der Waals surface area contributed by atoms with E-state index in [2.05, 4.69) is 12.1 Å². The van der Waals surface area contributed by atoms with Crippen molar-refractivity contribution < 1.29 is 14.2 Å². The minimum absolute atomic E-state index is 0.641. The van der Waals surface area contributed by atoms with Gasteiger partial charge < -0.3 is 9.47 Å². The summed E-state index contributed by atoms with van der Waals surface area (Å²) in [5.74, 6) is -1.06. The Morgan fingerprint density at radius 3 is 1.33 bits per heavy atom. The Kier molecular flexibility index (Phi) is 4.54. The van der Waals surface area contributed by atoms with E-state index in [4.69, 9.17) is 37.4 Å². The largest absolute Gasteiger partial charge is 0.453 e. The summed E-state index contributed by atoms with van der Waals surface area (Å²) in [7, 11) is 0. The van der Waals surface area contributed by atoms with Crippen LogP contribution in [0.25, 0.3) is 0 Å². The molecule has 164 valence electrons. The monoisotopic (exact) mass is 474 g/mol. The molecular weight excluding hydrogens is 455 g/mol. The molecule has 4 aromatic carbocycles. The summed E-state index contributed by atoms with van der Waals surface area (Å²) >= 11 is 12.5. The lowest BCUT2D eigenvalue weighted by atomic mass is 9.86. The van der Waals surface area contributed by atoms with Gasteiger partial charge in [-0.15, -0.1) is 0 Å². The van der Waals surface area contributed by atoms with Gasteiger partial charge in [-0.25, -0.2) is 0 Å². The number of ether oxygens (including phenoxy) is 3. The van der Waals surface area contributed by atoms with Gasteiger partial charge in [0.1, 0.15) is 11.5 Å². The fourth-order valence-electron chi connectivity index (χ4n) is 4.64. The second-order valence-corrected chi connectivity index (χ2v) is 9.43. The highest BCUT2D eigenvalue weighted by Crippen LogP contribution is 2.58. The van der Waals surface area contributed by atoms with Crippen molar-refractivity contribution in [3.05, 3.63) is 128 Å². The van der Waals surface area contributed by atoms with E-state index in [0.717, 1.165) is 33.4 Å². The van der Waals surface area contributed by atoms with E-state index in [1.54, 1.807) is 0 Å². The summed E-state index contributed by atoms with van der Waals surface area (Å²) in [4.78, 5) is 0. The Morgan fingerprint density at radius 1 is 0.545 bits per heavy atom. The smallest absolute Gasteiger partial charge is 0.271 e. The van der Waals surface area contributed by atoms with Crippen molar-refractivity contribution in [2.45, 2.75) is 25.4 Å². The Hall–Kier alpha value is -2.98. The summed E-state index contributed by atoms with van der Waals surface area (Å²) in [5.41, 5.74) is 5.41. The van der Waals surface area contributed by atoms with Crippen LogP contribution in [0.4, 0.5) is 0 Å². The number of aryl methyl sites for hydroxylation is 2. The Balaban J connectivity index is 1.71. The molecule has 0 fully saturated rings. The van der Waals surface area contributed by atoms with Crippen LogP contribution >= 0.6 is 23.2 Å². The number of fused-ring (bicyclic) bond motifs is 6. The third-order valence-corrected chi connectivity index (χ3v) is 6.73. The third-order valence-electron chi connectivity index (χ3n) is 6.22. The van der Waals surface area contributed by atoms with Gasteiger partial charge >= 0.3 is 0 Å². The zero-order valence-corrected chi connectivity index (χ0v) is 19.6. The van der Waals surface area contributed by atoms with Crippen molar-refractivity contribution in [2.24, 2.45) is 0 Å². The summed E-state index contributed by atoms with van der Waals surface area (Å²) in [6.45, 7) is 4.08. The molecule has 4 aromatic rings. The molecule has 33 heavy (non-hydrogen) atoms. The van der Waals surface area contributed by atoms with Gasteiger partial charge in [0, 0.05) is 21.2 Å². The summed E-state index contributed by atoms with van der Waals surface area (Å²) < 4.78 is 20.5. The second kappa shape index (κ2) is 7.26. The van der Waals surface area contributed by atoms with Crippen molar-refractivity contribution in [3.8, 4) is 11.5 Å². The highest BCUT2D eigenvalue weighted by Gasteiger charge is 2.60. The SMILES string of the molecule is Cc1ccc2c(c1)[C@@]1(c3ccc(Cl)cc3)Oc3ccc(C)cc3[C@](c3ccc(Cl)cc3)(O2)O1. The predicted molar refractivity (Wildman–Crippen MR) is 129 cm³/mol. The van der Waals surface area contributed by atoms with Crippen molar-refractivity contribution in [1.29, 1.82) is 0 Å². The van der Waals surface area contributed by atoms with Gasteiger partial charge in [-0.05, 0) is 62.4 Å². The molecule has 0 radical (unpaired) electrons. The molecule has 0 saturated heterocycles. The predicted octanol–water partition coefficient (Wildman–Crippen LogP) is 7.51. The van der Waals surface area contributed by atoms with Crippen LogP contribution in [0.2, 0.25) is 10.0 Å². The zero-order chi connectivity index (χ0) is 22.8. The first-order chi connectivity index (χ1) is 15.9. The van der Waals surface area contributed by atoms with Crippen LogP contribution in [0.3, 0.4) is 0 Å². The maximum absolute atomic E-state index is 6.98. The zero-order valence-electron chi connectivity index (χ0n) is 18.1. The Bertz CT molecular complexity index is 1270. The van der Waals surface area contributed by atoms with E-state index < -0.39 is 11.6 Å². The number of rotatable bonds is 2. The molecule has 6 rings (SSSR count). The molecule has 0 saturated carbocycles. The van der Waals surface area contributed by atoms with Gasteiger partial charge in [0.05, 0.1) is 11.1 Å². The van der Waals surface area contributed by atoms with E-state index >= 15 is 0 Å². The molecule has 0 spiro atoms. The lowest BCUT2D eigenvalue weighted by molar-refractivity contribution is -0.322. The molecule has 0 aromatic heterocycles. The lowest BCUT2D eigenvalue weighted by Gasteiger charge is -2.52. The van der Waals surface area contributed by atoms with E-state index in [9.17, 15) is 0 Å². The van der Waals surface area contributed by atoms with Crippen molar-refractivity contribution in [1.82, 2.24) is 0 Å². The second-order valence-electron chi connectivity index (χ2n) is 8.55. The van der Waals surface area contributed by atoms with Gasteiger partial charge in [-0.3, -0.25) is 4.74 Å². The quantitative estimate of drug-likeness (QED) is 0.300. The Morgan fingerprint density at radius 2 is 0.939 bits per heavy atom. The lowest BCUT2D eigenvalue weighted by Crippen LogP contribution is -2.56. The minimum Gasteiger partial charge on any atom is -0.453 e. The highest BCUT2D eigenvalue weighted by molar-refractivity contribution is 6.30. The van der Waals surface area contributed by atoms with Crippen LogP contribution in [0, 0.1) is 13.8 Å². The molecule has 2 aliphatic heterocycles. The molecule has 3 nitrogen and oxygen atoms in total. The van der Waals surface area contributed by atoms with Crippen LogP contribution in [0.15, 0.2) is 84.9 Å². The van der Waals surface area contributed by atoms with Crippen molar-refractivity contribution in [3.63, 3.8) is 0 Å². The third kappa shape index (κ3) is 3.07. The maximum atomic E-state index is 6.98. The van der Waals surface area contributed by atoms with Crippen LogP contribution < -0.4 is 9.47 Å². The molecule has 2 aliphatic rings. The van der Waals surface area contributed by atoms with Gasteiger partial charge in [-0.2, -0.15) is 0 Å². The average molecular weight is 475 g/mol. The fourth-order valence-corrected chi connectivity index (χ4v) is 4.89. The van der Waals surface area contributed by atoms with Crippen molar-refractivity contribution >= 4 is 23.2 Å². The molecule has 0 amide bonds. The van der Waals surface area contributed by atoms with E-state index in [-0.39, 0.29) is 0 Å². The van der Waals surface area contributed by atoms with Crippen molar-refractivity contribution in [2.75, 3.05) is 0 Å². The van der Waals surface area contributed by atoms with Gasteiger partial charge in [0.15, 0.2) is 0 Å². The standard InChI is InChI=1S/C28H20Cl2O3/c1-17-3-13-25-23(15-17)27(19-5-9-21(29)10-6-19)32-26-14-4-18(2)16-24(26)28(31-25,33-27)20-7-11-22(30)12-8-20/h3-16H,1-2H3/t27-,28+. The van der Waals surface area contributed by atoms with Crippen LogP contribution in [-0.4, -0.2) is 0 Å².